The monoisotopic (exact) mass is 399 g/mol. The van der Waals surface area contributed by atoms with Gasteiger partial charge in [-0.05, 0) is 71.1 Å². The van der Waals surface area contributed by atoms with E-state index < -0.39 is 35.5 Å². The molecule has 1 amide bonds. The number of halogens is 3. The molecule has 4 nitrogen and oxygen atoms in total. The van der Waals surface area contributed by atoms with Crippen LogP contribution < -0.4 is 5.32 Å². The zero-order chi connectivity index (χ0) is 21.4. The summed E-state index contributed by atoms with van der Waals surface area (Å²) >= 11 is 0. The van der Waals surface area contributed by atoms with Crippen LogP contribution in [0.3, 0.4) is 0 Å². The summed E-state index contributed by atoms with van der Waals surface area (Å²) in [4.78, 5) is 13.0. The molecule has 156 valence electrons. The number of alkyl halides is 3. The van der Waals surface area contributed by atoms with Gasteiger partial charge in [-0.3, -0.25) is 4.79 Å². The standard InChI is InChI=1S/C20H29BF3NO3/c1-7-19(8-2,13-21-27-17(3,4)18(5,6)28-21)16(26)25-15-11-9-14(10-12-15)20(22,23)24/h9-12H,7-8,13H2,1-6H3,(H,25,26). The lowest BCUT2D eigenvalue weighted by Crippen LogP contribution is -2.41. The normalized spacial score (nSPS) is 19.0. The van der Waals surface area contributed by atoms with Crippen molar-refractivity contribution in [1.29, 1.82) is 0 Å². The summed E-state index contributed by atoms with van der Waals surface area (Å²) in [6.45, 7) is 11.6. The summed E-state index contributed by atoms with van der Waals surface area (Å²) in [5.41, 5.74) is -2.15. The molecule has 0 spiro atoms. The Bertz CT molecular complexity index is 682. The van der Waals surface area contributed by atoms with Gasteiger partial charge in [-0.25, -0.2) is 0 Å². The van der Waals surface area contributed by atoms with E-state index in [2.05, 4.69) is 5.32 Å². The Kier molecular flexibility index (Phi) is 6.26. The summed E-state index contributed by atoms with van der Waals surface area (Å²) < 4.78 is 50.3. The van der Waals surface area contributed by atoms with E-state index in [0.29, 0.717) is 24.8 Å². The van der Waals surface area contributed by atoms with Crippen LogP contribution in [0.1, 0.15) is 59.9 Å². The molecular formula is C20H29BF3NO3. The van der Waals surface area contributed by atoms with Crippen molar-refractivity contribution in [2.75, 3.05) is 5.32 Å². The second-order valence-electron chi connectivity index (χ2n) is 8.41. The van der Waals surface area contributed by atoms with Crippen LogP contribution in [0.2, 0.25) is 6.32 Å². The molecule has 1 heterocycles. The molecule has 1 fully saturated rings. The van der Waals surface area contributed by atoms with Crippen molar-refractivity contribution in [3.63, 3.8) is 0 Å². The minimum Gasteiger partial charge on any atom is -0.403 e. The van der Waals surface area contributed by atoms with Gasteiger partial charge in [0.1, 0.15) is 0 Å². The third-order valence-electron chi connectivity index (χ3n) is 6.16. The Morgan fingerprint density at radius 1 is 1.00 bits per heavy atom. The molecule has 0 bridgehead atoms. The molecule has 0 atom stereocenters. The van der Waals surface area contributed by atoms with Gasteiger partial charge in [0.25, 0.3) is 0 Å². The lowest BCUT2D eigenvalue weighted by Gasteiger charge is -2.32. The molecule has 28 heavy (non-hydrogen) atoms. The fraction of sp³-hybridized carbons (Fsp3) is 0.650. The maximum Gasteiger partial charge on any atom is 0.458 e. The largest absolute Gasteiger partial charge is 0.458 e. The molecule has 1 saturated heterocycles. The number of rotatable bonds is 6. The Balaban J connectivity index is 2.15. The molecule has 1 aromatic carbocycles. The van der Waals surface area contributed by atoms with E-state index in [1.165, 1.54) is 12.1 Å². The lowest BCUT2D eigenvalue weighted by molar-refractivity contribution is -0.137. The fourth-order valence-corrected chi connectivity index (χ4v) is 3.33. The van der Waals surface area contributed by atoms with Crippen molar-refractivity contribution < 1.29 is 27.3 Å². The zero-order valence-electron chi connectivity index (χ0n) is 17.4. The summed E-state index contributed by atoms with van der Waals surface area (Å²) in [5, 5.41) is 2.76. The molecule has 0 saturated carbocycles. The van der Waals surface area contributed by atoms with Gasteiger partial charge in [-0.1, -0.05) is 13.8 Å². The molecule has 1 N–H and O–H groups in total. The number of carbonyl (C=O) groups excluding carboxylic acids is 1. The van der Waals surface area contributed by atoms with Crippen molar-refractivity contribution in [3.05, 3.63) is 29.8 Å². The molecular weight excluding hydrogens is 370 g/mol. The molecule has 0 unspecified atom stereocenters. The maximum atomic E-state index is 13.0. The maximum absolute atomic E-state index is 13.0. The van der Waals surface area contributed by atoms with Crippen LogP contribution in [0.4, 0.5) is 18.9 Å². The lowest BCUT2D eigenvalue weighted by atomic mass is 9.64. The van der Waals surface area contributed by atoms with Crippen molar-refractivity contribution in [2.24, 2.45) is 5.41 Å². The van der Waals surface area contributed by atoms with Crippen molar-refractivity contribution in [2.45, 2.75) is 78.1 Å². The molecule has 0 aromatic heterocycles. The quantitative estimate of drug-likeness (QED) is 0.639. The van der Waals surface area contributed by atoms with Gasteiger partial charge < -0.3 is 14.6 Å². The van der Waals surface area contributed by atoms with E-state index in [9.17, 15) is 18.0 Å². The first-order valence-corrected chi connectivity index (χ1v) is 9.61. The molecule has 1 aliphatic heterocycles. The highest BCUT2D eigenvalue weighted by molar-refractivity contribution is 6.46. The summed E-state index contributed by atoms with van der Waals surface area (Å²) in [7, 11) is -0.525. The highest BCUT2D eigenvalue weighted by Crippen LogP contribution is 2.43. The SMILES string of the molecule is CCC(CC)(CB1OC(C)(C)C(C)(C)O1)C(=O)Nc1ccc(C(F)(F)F)cc1. The van der Waals surface area contributed by atoms with Gasteiger partial charge in [-0.2, -0.15) is 13.2 Å². The Morgan fingerprint density at radius 3 is 1.86 bits per heavy atom. The van der Waals surface area contributed by atoms with Gasteiger partial charge in [0.05, 0.1) is 16.8 Å². The summed E-state index contributed by atoms with van der Waals surface area (Å²) in [5.74, 6) is -0.244. The summed E-state index contributed by atoms with van der Waals surface area (Å²) in [6, 6.07) is 4.46. The van der Waals surface area contributed by atoms with Crippen molar-refractivity contribution in [3.8, 4) is 0 Å². The number of anilines is 1. The van der Waals surface area contributed by atoms with Gasteiger partial charge in [-0.15, -0.1) is 0 Å². The Hall–Kier alpha value is -1.54. The Morgan fingerprint density at radius 2 is 1.46 bits per heavy atom. The van der Waals surface area contributed by atoms with Crippen LogP contribution in [0, 0.1) is 5.41 Å². The molecule has 1 aromatic rings. The number of amides is 1. The van der Waals surface area contributed by atoms with E-state index in [4.69, 9.17) is 9.31 Å². The molecule has 0 radical (unpaired) electrons. The number of benzene rings is 1. The highest BCUT2D eigenvalue weighted by atomic mass is 19.4. The van der Waals surface area contributed by atoms with E-state index in [1.54, 1.807) is 0 Å². The number of hydrogen-bond donors (Lipinski definition) is 1. The average molecular weight is 399 g/mol. The van der Waals surface area contributed by atoms with Crippen LogP contribution in [0.5, 0.6) is 0 Å². The van der Waals surface area contributed by atoms with Crippen LogP contribution in [-0.2, 0) is 20.3 Å². The summed E-state index contributed by atoms with van der Waals surface area (Å²) in [6.07, 6.45) is -2.92. The van der Waals surface area contributed by atoms with E-state index in [0.717, 1.165) is 12.1 Å². The minimum atomic E-state index is -4.41. The Labute approximate surface area is 165 Å². The predicted molar refractivity (Wildman–Crippen MR) is 104 cm³/mol. The van der Waals surface area contributed by atoms with Crippen LogP contribution in [-0.4, -0.2) is 24.2 Å². The second kappa shape index (κ2) is 7.71. The van der Waals surface area contributed by atoms with Gasteiger partial charge in [0.2, 0.25) is 5.91 Å². The number of nitrogens with one attached hydrogen (secondary N) is 1. The van der Waals surface area contributed by atoms with E-state index in [1.807, 2.05) is 41.5 Å². The van der Waals surface area contributed by atoms with Gasteiger partial charge >= 0.3 is 13.3 Å². The fourth-order valence-electron chi connectivity index (χ4n) is 3.33. The number of carbonyl (C=O) groups is 1. The third-order valence-corrected chi connectivity index (χ3v) is 6.16. The van der Waals surface area contributed by atoms with Gasteiger partial charge in [0, 0.05) is 11.1 Å². The first kappa shape index (κ1) is 22.8. The van der Waals surface area contributed by atoms with E-state index >= 15 is 0 Å². The predicted octanol–water partition coefficient (Wildman–Crippen LogP) is 5.54. The topological polar surface area (TPSA) is 47.6 Å². The van der Waals surface area contributed by atoms with Crippen LogP contribution in [0.15, 0.2) is 24.3 Å². The third kappa shape index (κ3) is 4.54. The first-order valence-electron chi connectivity index (χ1n) is 9.61. The van der Waals surface area contributed by atoms with Gasteiger partial charge in [0.15, 0.2) is 0 Å². The van der Waals surface area contributed by atoms with Crippen molar-refractivity contribution >= 4 is 18.7 Å². The number of hydrogen-bond acceptors (Lipinski definition) is 3. The first-order chi connectivity index (χ1) is 12.8. The highest BCUT2D eigenvalue weighted by Gasteiger charge is 2.54. The average Bonchev–Trinajstić information content (AvgIpc) is 2.79. The van der Waals surface area contributed by atoms with Crippen molar-refractivity contribution in [1.82, 2.24) is 0 Å². The zero-order valence-corrected chi connectivity index (χ0v) is 17.4. The van der Waals surface area contributed by atoms with Crippen LogP contribution >= 0.6 is 0 Å². The van der Waals surface area contributed by atoms with Crippen LogP contribution in [0.25, 0.3) is 0 Å². The molecule has 1 aliphatic rings. The molecule has 8 heteroatoms. The van der Waals surface area contributed by atoms with E-state index in [-0.39, 0.29) is 5.91 Å². The minimum absolute atomic E-state index is 0.244. The molecule has 2 rings (SSSR count). The second-order valence-corrected chi connectivity index (χ2v) is 8.41. The molecule has 0 aliphatic carbocycles. The smallest absolute Gasteiger partial charge is 0.403 e.